The fourth-order valence-electron chi connectivity index (χ4n) is 4.83. The molecule has 2 unspecified atom stereocenters. The Hall–Kier alpha value is -2.96. The molecule has 176 valence electrons. The molecule has 1 aliphatic carbocycles. The molecular weight excluding hydrogens is 453 g/mol. The van der Waals surface area contributed by atoms with Gasteiger partial charge in [-0.3, -0.25) is 9.59 Å². The Kier molecular flexibility index (Phi) is 6.53. The van der Waals surface area contributed by atoms with Gasteiger partial charge >= 0.3 is 0 Å². The van der Waals surface area contributed by atoms with E-state index in [-0.39, 0.29) is 28.6 Å². The highest BCUT2D eigenvalue weighted by atomic mass is 35.5. The second kappa shape index (κ2) is 9.72. The fourth-order valence-corrected chi connectivity index (χ4v) is 5.05. The molecule has 1 saturated heterocycles. The Labute approximate surface area is 203 Å². The predicted octanol–water partition coefficient (Wildman–Crippen LogP) is 4.53. The minimum absolute atomic E-state index is 0.0465. The maximum absolute atomic E-state index is 13.8. The lowest BCUT2D eigenvalue weighted by Crippen LogP contribution is -2.55. The quantitative estimate of drug-likeness (QED) is 0.546. The van der Waals surface area contributed by atoms with Crippen LogP contribution in [-0.2, 0) is 11.3 Å². The topological polar surface area (TPSA) is 61.4 Å². The standard InChI is InChI=1S/C27H27ClFN3O2/c28-20-12-19(13-21(29)14-20)26(33)31-25-10-11-30-15-24(25)27(34)32(22-8-9-22)16-18-6-3-5-17-4-1-2-7-23(17)18/h1-7,12-14,22,24-25,30H,8-11,15-16H2,(H,31,33). The van der Waals surface area contributed by atoms with Crippen LogP contribution in [0.2, 0.25) is 5.02 Å². The zero-order valence-corrected chi connectivity index (χ0v) is 19.5. The number of hydrogen-bond donors (Lipinski definition) is 2. The van der Waals surface area contributed by atoms with E-state index in [0.29, 0.717) is 26.1 Å². The van der Waals surface area contributed by atoms with Gasteiger partial charge in [0.2, 0.25) is 5.91 Å². The number of nitrogens with zero attached hydrogens (tertiary/aromatic N) is 1. The Morgan fingerprint density at radius 1 is 1.06 bits per heavy atom. The Bertz CT molecular complexity index is 1200. The molecule has 1 saturated carbocycles. The molecule has 34 heavy (non-hydrogen) atoms. The van der Waals surface area contributed by atoms with Gasteiger partial charge in [0.15, 0.2) is 0 Å². The van der Waals surface area contributed by atoms with Crippen LogP contribution in [0.25, 0.3) is 10.8 Å². The van der Waals surface area contributed by atoms with E-state index in [1.165, 1.54) is 6.07 Å². The molecule has 1 aliphatic heterocycles. The third-order valence-electron chi connectivity index (χ3n) is 6.73. The molecule has 2 atom stereocenters. The molecule has 2 amide bonds. The summed E-state index contributed by atoms with van der Waals surface area (Å²) in [6.07, 6.45) is 2.61. The van der Waals surface area contributed by atoms with Crippen molar-refractivity contribution in [2.24, 2.45) is 5.92 Å². The first-order chi connectivity index (χ1) is 16.5. The molecule has 0 bridgehead atoms. The van der Waals surface area contributed by atoms with Crippen molar-refractivity contribution in [2.45, 2.75) is 37.9 Å². The van der Waals surface area contributed by atoms with Crippen molar-refractivity contribution in [1.82, 2.24) is 15.5 Å². The molecule has 5 nitrogen and oxygen atoms in total. The van der Waals surface area contributed by atoms with E-state index in [1.54, 1.807) is 0 Å². The Morgan fingerprint density at radius 2 is 1.85 bits per heavy atom. The summed E-state index contributed by atoms with van der Waals surface area (Å²) in [6, 6.07) is 18.1. The second-order valence-electron chi connectivity index (χ2n) is 9.17. The minimum Gasteiger partial charge on any atom is -0.348 e. The van der Waals surface area contributed by atoms with Crippen LogP contribution in [0.4, 0.5) is 4.39 Å². The average molecular weight is 480 g/mol. The molecule has 0 spiro atoms. The lowest BCUT2D eigenvalue weighted by molar-refractivity contribution is -0.138. The molecule has 3 aromatic rings. The van der Waals surface area contributed by atoms with Crippen molar-refractivity contribution in [3.63, 3.8) is 0 Å². The highest BCUT2D eigenvalue weighted by Gasteiger charge is 2.40. The van der Waals surface area contributed by atoms with Gasteiger partial charge in [-0.25, -0.2) is 4.39 Å². The third kappa shape index (κ3) is 4.93. The molecule has 2 N–H and O–H groups in total. The smallest absolute Gasteiger partial charge is 0.251 e. The summed E-state index contributed by atoms with van der Waals surface area (Å²) in [5, 5.41) is 8.75. The van der Waals surface area contributed by atoms with Gasteiger partial charge in [-0.15, -0.1) is 0 Å². The van der Waals surface area contributed by atoms with Crippen molar-refractivity contribution >= 4 is 34.2 Å². The van der Waals surface area contributed by atoms with Gasteiger partial charge in [-0.05, 0) is 60.3 Å². The number of fused-ring (bicyclic) bond motifs is 1. The van der Waals surface area contributed by atoms with Gasteiger partial charge in [0.1, 0.15) is 5.82 Å². The van der Waals surface area contributed by atoms with Gasteiger partial charge in [0, 0.05) is 35.8 Å². The van der Waals surface area contributed by atoms with E-state index < -0.39 is 17.6 Å². The highest BCUT2D eigenvalue weighted by molar-refractivity contribution is 6.31. The van der Waals surface area contributed by atoms with E-state index >= 15 is 0 Å². The summed E-state index contributed by atoms with van der Waals surface area (Å²) in [7, 11) is 0. The first-order valence-corrected chi connectivity index (χ1v) is 12.1. The van der Waals surface area contributed by atoms with Gasteiger partial charge in [-0.1, -0.05) is 54.1 Å². The zero-order chi connectivity index (χ0) is 23.7. The summed E-state index contributed by atoms with van der Waals surface area (Å²) in [6.45, 7) is 1.74. The monoisotopic (exact) mass is 479 g/mol. The maximum Gasteiger partial charge on any atom is 0.251 e. The van der Waals surface area contributed by atoms with Crippen LogP contribution >= 0.6 is 11.6 Å². The van der Waals surface area contributed by atoms with Crippen molar-refractivity contribution in [2.75, 3.05) is 13.1 Å². The van der Waals surface area contributed by atoms with Crippen LogP contribution in [0.3, 0.4) is 0 Å². The van der Waals surface area contributed by atoms with Crippen LogP contribution in [0.1, 0.15) is 35.2 Å². The van der Waals surface area contributed by atoms with Gasteiger partial charge in [-0.2, -0.15) is 0 Å². The first kappa shape index (κ1) is 22.8. The average Bonchev–Trinajstić information content (AvgIpc) is 3.67. The number of amides is 2. The SMILES string of the molecule is O=C(NC1CCNCC1C(=O)N(Cc1cccc2ccccc12)C1CC1)c1cc(F)cc(Cl)c1. The number of piperidine rings is 1. The predicted molar refractivity (Wildman–Crippen MR) is 131 cm³/mol. The van der Waals surface area contributed by atoms with E-state index in [2.05, 4.69) is 34.9 Å². The van der Waals surface area contributed by atoms with Crippen molar-refractivity contribution in [3.05, 3.63) is 82.6 Å². The molecule has 5 rings (SSSR count). The van der Waals surface area contributed by atoms with E-state index in [1.807, 2.05) is 23.1 Å². The second-order valence-corrected chi connectivity index (χ2v) is 9.61. The van der Waals surface area contributed by atoms with Crippen LogP contribution in [0.5, 0.6) is 0 Å². The molecule has 2 aliphatic rings. The number of carbonyl (C=O) groups is 2. The van der Waals surface area contributed by atoms with Crippen molar-refractivity contribution in [3.8, 4) is 0 Å². The Balaban J connectivity index is 1.36. The highest BCUT2D eigenvalue weighted by Crippen LogP contribution is 2.32. The maximum atomic E-state index is 13.8. The first-order valence-electron chi connectivity index (χ1n) is 11.7. The lowest BCUT2D eigenvalue weighted by atomic mass is 9.91. The number of hydrogen-bond acceptors (Lipinski definition) is 3. The number of rotatable bonds is 6. The van der Waals surface area contributed by atoms with E-state index in [0.717, 1.165) is 41.3 Å². The largest absolute Gasteiger partial charge is 0.348 e. The van der Waals surface area contributed by atoms with Crippen molar-refractivity contribution in [1.29, 1.82) is 0 Å². The fraction of sp³-hybridized carbons (Fsp3) is 0.333. The summed E-state index contributed by atoms with van der Waals surface area (Å²) >= 11 is 5.93. The van der Waals surface area contributed by atoms with Crippen LogP contribution < -0.4 is 10.6 Å². The summed E-state index contributed by atoms with van der Waals surface area (Å²) in [5.41, 5.74) is 1.28. The number of nitrogens with one attached hydrogen (secondary N) is 2. The molecular formula is C27H27ClFN3O2. The number of benzene rings is 3. The van der Waals surface area contributed by atoms with Crippen LogP contribution in [0, 0.1) is 11.7 Å². The lowest BCUT2D eigenvalue weighted by Gasteiger charge is -2.36. The van der Waals surface area contributed by atoms with E-state index in [4.69, 9.17) is 11.6 Å². The Morgan fingerprint density at radius 3 is 2.65 bits per heavy atom. The van der Waals surface area contributed by atoms with Crippen molar-refractivity contribution < 1.29 is 14.0 Å². The number of carbonyl (C=O) groups excluding carboxylic acids is 2. The zero-order valence-electron chi connectivity index (χ0n) is 18.8. The molecule has 1 heterocycles. The normalized spacial score (nSPS) is 20.2. The number of halogens is 2. The third-order valence-corrected chi connectivity index (χ3v) is 6.95. The van der Waals surface area contributed by atoms with E-state index in [9.17, 15) is 14.0 Å². The van der Waals surface area contributed by atoms with Crippen LogP contribution in [0.15, 0.2) is 60.7 Å². The molecule has 2 fully saturated rings. The minimum atomic E-state index is -0.564. The van der Waals surface area contributed by atoms with Gasteiger partial charge in [0.25, 0.3) is 5.91 Å². The molecule has 0 aromatic heterocycles. The summed E-state index contributed by atoms with van der Waals surface area (Å²) in [5.74, 6) is -1.33. The summed E-state index contributed by atoms with van der Waals surface area (Å²) in [4.78, 5) is 28.7. The molecule has 3 aromatic carbocycles. The molecule has 0 radical (unpaired) electrons. The van der Waals surface area contributed by atoms with Crippen LogP contribution in [-0.4, -0.2) is 41.9 Å². The van der Waals surface area contributed by atoms with Gasteiger partial charge < -0.3 is 15.5 Å². The molecule has 7 heteroatoms. The van der Waals surface area contributed by atoms with Gasteiger partial charge in [0.05, 0.1) is 5.92 Å². The summed E-state index contributed by atoms with van der Waals surface area (Å²) < 4.78 is 13.8.